The molecule has 0 aliphatic carbocycles. The summed E-state index contributed by atoms with van der Waals surface area (Å²) in [6.07, 6.45) is 2.73. The van der Waals surface area contributed by atoms with Crippen LogP contribution in [0.2, 0.25) is 0 Å². The molecule has 0 unspecified atom stereocenters. The summed E-state index contributed by atoms with van der Waals surface area (Å²) in [5.41, 5.74) is 1.23. The van der Waals surface area contributed by atoms with Gasteiger partial charge in [-0.3, -0.25) is 0 Å². The number of likely N-dealkylation sites (tertiary alicyclic amines) is 1. The minimum absolute atomic E-state index is 0.926. The van der Waals surface area contributed by atoms with Crippen LogP contribution in [0.1, 0.15) is 12.8 Å². The topological polar surface area (TPSA) is 15.7 Å². The van der Waals surface area contributed by atoms with Crippen LogP contribution in [-0.2, 0) is 0 Å². The van der Waals surface area contributed by atoms with Crippen LogP contribution in [0, 0.1) is 0 Å². The molecule has 2 rings (SSSR count). The van der Waals surface area contributed by atoms with Crippen LogP contribution in [-0.4, -0.2) is 45.2 Å². The maximum absolute atomic E-state index is 5.25. The third-order valence-corrected chi connectivity index (χ3v) is 3.44. The molecule has 1 aliphatic rings. The monoisotopic (exact) mass is 234 g/mol. The van der Waals surface area contributed by atoms with Gasteiger partial charge in [-0.1, -0.05) is 6.07 Å². The van der Waals surface area contributed by atoms with Gasteiger partial charge in [-0.2, -0.15) is 0 Å². The third kappa shape index (κ3) is 3.37. The number of methoxy groups -OCH3 is 1. The minimum Gasteiger partial charge on any atom is -0.497 e. The van der Waals surface area contributed by atoms with Gasteiger partial charge in [-0.25, -0.2) is 0 Å². The van der Waals surface area contributed by atoms with Gasteiger partial charge in [-0.15, -0.1) is 0 Å². The largest absolute Gasteiger partial charge is 0.497 e. The lowest BCUT2D eigenvalue weighted by atomic mass is 10.3. The van der Waals surface area contributed by atoms with Gasteiger partial charge in [0, 0.05) is 31.9 Å². The molecule has 1 fully saturated rings. The molecular formula is C14H22N2O. The van der Waals surface area contributed by atoms with Crippen molar-refractivity contribution in [1.29, 1.82) is 0 Å². The van der Waals surface area contributed by atoms with E-state index >= 15 is 0 Å². The Morgan fingerprint density at radius 1 is 1.29 bits per heavy atom. The molecule has 94 valence electrons. The Bertz CT molecular complexity index is 348. The Morgan fingerprint density at radius 3 is 2.76 bits per heavy atom. The van der Waals surface area contributed by atoms with Crippen molar-refractivity contribution in [3.8, 4) is 5.75 Å². The van der Waals surface area contributed by atoms with Crippen molar-refractivity contribution in [1.82, 2.24) is 4.90 Å². The molecule has 0 bridgehead atoms. The Balaban J connectivity index is 1.87. The van der Waals surface area contributed by atoms with Crippen LogP contribution >= 0.6 is 0 Å². The van der Waals surface area contributed by atoms with E-state index in [1.165, 1.54) is 31.6 Å². The second-order valence-corrected chi connectivity index (χ2v) is 4.67. The van der Waals surface area contributed by atoms with E-state index in [-0.39, 0.29) is 0 Å². The highest BCUT2D eigenvalue weighted by Gasteiger charge is 2.11. The molecule has 17 heavy (non-hydrogen) atoms. The number of nitrogens with zero attached hydrogens (tertiary/aromatic N) is 2. The highest BCUT2D eigenvalue weighted by molar-refractivity contribution is 5.50. The first kappa shape index (κ1) is 12.2. The average Bonchev–Trinajstić information content (AvgIpc) is 2.89. The summed E-state index contributed by atoms with van der Waals surface area (Å²) in [5, 5.41) is 0. The first-order chi connectivity index (χ1) is 8.29. The number of likely N-dealkylation sites (N-methyl/N-ethyl adjacent to an activating group) is 1. The fraction of sp³-hybridized carbons (Fsp3) is 0.571. The second kappa shape index (κ2) is 5.92. The van der Waals surface area contributed by atoms with Gasteiger partial charge in [0.25, 0.3) is 0 Å². The predicted octanol–water partition coefficient (Wildman–Crippen LogP) is 2.23. The van der Waals surface area contributed by atoms with Gasteiger partial charge in [0.1, 0.15) is 5.75 Å². The number of benzene rings is 1. The van der Waals surface area contributed by atoms with E-state index in [1.807, 2.05) is 12.1 Å². The predicted molar refractivity (Wildman–Crippen MR) is 71.9 cm³/mol. The van der Waals surface area contributed by atoms with Gasteiger partial charge in [0.05, 0.1) is 7.11 Å². The van der Waals surface area contributed by atoms with Crippen molar-refractivity contribution in [2.24, 2.45) is 0 Å². The number of ether oxygens (including phenoxy) is 1. The quantitative estimate of drug-likeness (QED) is 0.777. The normalized spacial score (nSPS) is 16.1. The van der Waals surface area contributed by atoms with Crippen molar-refractivity contribution in [3.05, 3.63) is 24.3 Å². The SMILES string of the molecule is COc1cccc(N(C)CCN2CCCC2)c1. The lowest BCUT2D eigenvalue weighted by molar-refractivity contribution is 0.346. The van der Waals surface area contributed by atoms with Gasteiger partial charge in [-0.05, 0) is 38.1 Å². The Labute approximate surface area is 104 Å². The number of anilines is 1. The van der Waals surface area contributed by atoms with Crippen molar-refractivity contribution in [2.75, 3.05) is 45.2 Å². The first-order valence-electron chi connectivity index (χ1n) is 6.37. The Kier molecular flexibility index (Phi) is 4.26. The zero-order chi connectivity index (χ0) is 12.1. The molecule has 0 saturated carbocycles. The fourth-order valence-electron chi connectivity index (χ4n) is 2.27. The van der Waals surface area contributed by atoms with E-state index in [2.05, 4.69) is 29.0 Å². The summed E-state index contributed by atoms with van der Waals surface area (Å²) in [6.45, 7) is 4.78. The molecule has 0 radical (unpaired) electrons. The average molecular weight is 234 g/mol. The maximum atomic E-state index is 5.25. The molecule has 3 heteroatoms. The summed E-state index contributed by atoms with van der Waals surface area (Å²) in [5.74, 6) is 0.926. The van der Waals surface area contributed by atoms with E-state index < -0.39 is 0 Å². The molecule has 0 atom stereocenters. The molecule has 0 aromatic heterocycles. The summed E-state index contributed by atoms with van der Waals surface area (Å²) >= 11 is 0. The standard InChI is InChI=1S/C14H22N2O/c1-15(10-11-16-8-3-4-9-16)13-6-5-7-14(12-13)17-2/h5-7,12H,3-4,8-11H2,1-2H3. The van der Waals surface area contributed by atoms with Gasteiger partial charge in [0.2, 0.25) is 0 Å². The maximum Gasteiger partial charge on any atom is 0.120 e. The third-order valence-electron chi connectivity index (χ3n) is 3.44. The Morgan fingerprint density at radius 2 is 2.06 bits per heavy atom. The van der Waals surface area contributed by atoms with Gasteiger partial charge < -0.3 is 14.5 Å². The first-order valence-corrected chi connectivity index (χ1v) is 6.37. The highest BCUT2D eigenvalue weighted by atomic mass is 16.5. The molecule has 3 nitrogen and oxygen atoms in total. The van der Waals surface area contributed by atoms with Crippen molar-refractivity contribution in [2.45, 2.75) is 12.8 Å². The van der Waals surface area contributed by atoms with Crippen LogP contribution in [0.4, 0.5) is 5.69 Å². The van der Waals surface area contributed by atoms with E-state index in [9.17, 15) is 0 Å². The molecule has 0 spiro atoms. The van der Waals surface area contributed by atoms with Gasteiger partial charge >= 0.3 is 0 Å². The molecule has 0 N–H and O–H groups in total. The highest BCUT2D eigenvalue weighted by Crippen LogP contribution is 2.19. The van der Waals surface area contributed by atoms with Crippen molar-refractivity contribution >= 4 is 5.69 Å². The number of hydrogen-bond donors (Lipinski definition) is 0. The molecule has 1 heterocycles. The van der Waals surface area contributed by atoms with Crippen molar-refractivity contribution in [3.63, 3.8) is 0 Å². The lowest BCUT2D eigenvalue weighted by Crippen LogP contribution is -2.31. The summed E-state index contributed by atoms with van der Waals surface area (Å²) in [4.78, 5) is 4.83. The van der Waals surface area contributed by atoms with E-state index in [1.54, 1.807) is 7.11 Å². The molecule has 1 aromatic rings. The van der Waals surface area contributed by atoms with Crippen LogP contribution in [0.5, 0.6) is 5.75 Å². The molecule has 0 amide bonds. The summed E-state index contributed by atoms with van der Waals surface area (Å²) in [7, 11) is 3.86. The van der Waals surface area contributed by atoms with Crippen LogP contribution in [0.25, 0.3) is 0 Å². The van der Waals surface area contributed by atoms with Crippen LogP contribution in [0.15, 0.2) is 24.3 Å². The number of hydrogen-bond acceptors (Lipinski definition) is 3. The van der Waals surface area contributed by atoms with E-state index in [0.29, 0.717) is 0 Å². The fourth-order valence-corrected chi connectivity index (χ4v) is 2.27. The second-order valence-electron chi connectivity index (χ2n) is 4.67. The lowest BCUT2D eigenvalue weighted by Gasteiger charge is -2.23. The summed E-state index contributed by atoms with van der Waals surface area (Å²) in [6, 6.07) is 8.24. The molecule has 1 aromatic carbocycles. The molecule has 1 aliphatic heterocycles. The van der Waals surface area contributed by atoms with E-state index in [4.69, 9.17) is 4.74 Å². The molecule has 1 saturated heterocycles. The van der Waals surface area contributed by atoms with E-state index in [0.717, 1.165) is 18.8 Å². The smallest absolute Gasteiger partial charge is 0.120 e. The molecular weight excluding hydrogens is 212 g/mol. The van der Waals surface area contributed by atoms with Crippen LogP contribution < -0.4 is 9.64 Å². The zero-order valence-corrected chi connectivity index (χ0v) is 10.9. The minimum atomic E-state index is 0.926. The van der Waals surface area contributed by atoms with Crippen LogP contribution in [0.3, 0.4) is 0 Å². The van der Waals surface area contributed by atoms with Crippen molar-refractivity contribution < 1.29 is 4.74 Å². The Hall–Kier alpha value is -1.22. The zero-order valence-electron chi connectivity index (χ0n) is 10.9. The van der Waals surface area contributed by atoms with Gasteiger partial charge in [0.15, 0.2) is 0 Å². The number of rotatable bonds is 5. The summed E-state index contributed by atoms with van der Waals surface area (Å²) < 4.78 is 5.25.